The number of aromatic nitrogens is 4. The standard InChI is InChI=1S/C23H20ClN5O2/c1-15(16-5-11-20(31-2)12-6-16)26-23(30)21-22(17-4-3-13-25-14-17)29(28-27-21)19-9-7-18(24)8-10-19/h3-15H,1-2H3,(H,26,30)/t15-/m1/s1. The van der Waals surface area contributed by atoms with Crippen LogP contribution < -0.4 is 10.1 Å². The number of hydrogen-bond acceptors (Lipinski definition) is 5. The summed E-state index contributed by atoms with van der Waals surface area (Å²) in [6.45, 7) is 1.91. The highest BCUT2D eigenvalue weighted by molar-refractivity contribution is 6.30. The molecule has 1 N–H and O–H groups in total. The van der Waals surface area contributed by atoms with Gasteiger partial charge in [-0.2, -0.15) is 0 Å². The molecule has 8 heteroatoms. The topological polar surface area (TPSA) is 81.9 Å². The van der Waals surface area contributed by atoms with Crippen molar-refractivity contribution in [3.05, 3.63) is 89.3 Å². The molecule has 4 aromatic rings. The number of nitrogens with one attached hydrogen (secondary N) is 1. The van der Waals surface area contributed by atoms with Crippen molar-refractivity contribution in [3.8, 4) is 22.7 Å². The van der Waals surface area contributed by atoms with Crippen LogP contribution >= 0.6 is 11.6 Å². The van der Waals surface area contributed by atoms with Crippen molar-refractivity contribution in [1.82, 2.24) is 25.3 Å². The van der Waals surface area contributed by atoms with Crippen LogP contribution in [0, 0.1) is 0 Å². The average Bonchev–Trinajstić information content (AvgIpc) is 3.25. The second kappa shape index (κ2) is 8.97. The van der Waals surface area contributed by atoms with Crippen molar-refractivity contribution in [1.29, 1.82) is 0 Å². The summed E-state index contributed by atoms with van der Waals surface area (Å²) in [6, 6.07) is 18.1. The van der Waals surface area contributed by atoms with Crippen LogP contribution in [0.3, 0.4) is 0 Å². The van der Waals surface area contributed by atoms with Crippen LogP contribution in [0.25, 0.3) is 16.9 Å². The number of methoxy groups -OCH3 is 1. The summed E-state index contributed by atoms with van der Waals surface area (Å²) in [5.74, 6) is 0.425. The Labute approximate surface area is 184 Å². The minimum absolute atomic E-state index is 0.211. The van der Waals surface area contributed by atoms with E-state index in [0.717, 1.165) is 22.6 Å². The van der Waals surface area contributed by atoms with Gasteiger partial charge in [0.05, 0.1) is 18.8 Å². The summed E-state index contributed by atoms with van der Waals surface area (Å²) in [4.78, 5) is 17.3. The zero-order chi connectivity index (χ0) is 21.8. The molecular weight excluding hydrogens is 414 g/mol. The van der Waals surface area contributed by atoms with Gasteiger partial charge >= 0.3 is 0 Å². The lowest BCUT2D eigenvalue weighted by Gasteiger charge is -2.15. The number of benzene rings is 2. The highest BCUT2D eigenvalue weighted by Crippen LogP contribution is 2.26. The first-order valence-corrected chi connectivity index (χ1v) is 10.0. The van der Waals surface area contributed by atoms with E-state index in [1.165, 1.54) is 0 Å². The Morgan fingerprint density at radius 3 is 2.48 bits per heavy atom. The van der Waals surface area contributed by atoms with Gasteiger partial charge in [-0.05, 0) is 61.0 Å². The fourth-order valence-corrected chi connectivity index (χ4v) is 3.33. The summed E-state index contributed by atoms with van der Waals surface area (Å²) in [6.07, 6.45) is 3.35. The highest BCUT2D eigenvalue weighted by Gasteiger charge is 2.23. The molecule has 0 aliphatic rings. The number of hydrogen-bond donors (Lipinski definition) is 1. The van der Waals surface area contributed by atoms with E-state index < -0.39 is 0 Å². The second-order valence-corrected chi connectivity index (χ2v) is 7.32. The lowest BCUT2D eigenvalue weighted by atomic mass is 10.1. The van der Waals surface area contributed by atoms with Crippen LogP contribution in [0.2, 0.25) is 5.02 Å². The number of carbonyl (C=O) groups excluding carboxylic acids is 1. The Kier molecular flexibility index (Phi) is 5.95. The van der Waals surface area contributed by atoms with Crippen LogP contribution in [0.1, 0.15) is 29.0 Å². The van der Waals surface area contributed by atoms with Crippen LogP contribution in [0.15, 0.2) is 73.1 Å². The van der Waals surface area contributed by atoms with E-state index in [4.69, 9.17) is 16.3 Å². The Morgan fingerprint density at radius 2 is 1.84 bits per heavy atom. The molecule has 0 saturated heterocycles. The van der Waals surface area contributed by atoms with E-state index in [0.29, 0.717) is 10.7 Å². The number of halogens is 1. The molecule has 0 spiro atoms. The maximum Gasteiger partial charge on any atom is 0.274 e. The Bertz CT molecular complexity index is 1180. The van der Waals surface area contributed by atoms with Crippen molar-refractivity contribution >= 4 is 17.5 Å². The third-order valence-corrected chi connectivity index (χ3v) is 5.11. The Hall–Kier alpha value is -3.71. The average molecular weight is 434 g/mol. The van der Waals surface area contributed by atoms with Gasteiger partial charge in [0.2, 0.25) is 0 Å². The summed E-state index contributed by atoms with van der Waals surface area (Å²) in [5, 5.41) is 12.0. The fourth-order valence-electron chi connectivity index (χ4n) is 3.20. The largest absolute Gasteiger partial charge is 0.497 e. The molecule has 0 unspecified atom stereocenters. The molecule has 156 valence electrons. The third kappa shape index (κ3) is 4.41. The van der Waals surface area contributed by atoms with Gasteiger partial charge in [0, 0.05) is 23.0 Å². The van der Waals surface area contributed by atoms with Crippen molar-refractivity contribution in [2.45, 2.75) is 13.0 Å². The molecule has 0 saturated carbocycles. The smallest absolute Gasteiger partial charge is 0.274 e. The summed E-state index contributed by atoms with van der Waals surface area (Å²) in [7, 11) is 1.62. The number of nitrogens with zero attached hydrogens (tertiary/aromatic N) is 4. The van der Waals surface area contributed by atoms with Gasteiger partial charge in [0.25, 0.3) is 5.91 Å². The molecule has 0 aliphatic carbocycles. The molecule has 1 amide bonds. The minimum Gasteiger partial charge on any atom is -0.497 e. The maximum absolute atomic E-state index is 13.2. The molecule has 2 aromatic heterocycles. The molecule has 0 aliphatic heterocycles. The van der Waals surface area contributed by atoms with E-state index in [2.05, 4.69) is 20.6 Å². The number of amides is 1. The number of ether oxygens (including phenoxy) is 1. The van der Waals surface area contributed by atoms with E-state index in [-0.39, 0.29) is 17.6 Å². The minimum atomic E-state index is -0.331. The van der Waals surface area contributed by atoms with Gasteiger partial charge in [-0.1, -0.05) is 28.9 Å². The van der Waals surface area contributed by atoms with Gasteiger partial charge in [-0.25, -0.2) is 4.68 Å². The molecule has 0 bridgehead atoms. The van der Waals surface area contributed by atoms with Gasteiger partial charge in [0.15, 0.2) is 5.69 Å². The molecule has 1 atom stereocenters. The molecule has 0 fully saturated rings. The van der Waals surface area contributed by atoms with Crippen LogP contribution in [0.4, 0.5) is 0 Å². The van der Waals surface area contributed by atoms with E-state index in [1.807, 2.05) is 49.4 Å². The predicted molar refractivity (Wildman–Crippen MR) is 118 cm³/mol. The number of pyridine rings is 1. The van der Waals surface area contributed by atoms with Crippen LogP contribution in [0.5, 0.6) is 5.75 Å². The zero-order valence-electron chi connectivity index (χ0n) is 17.0. The summed E-state index contributed by atoms with van der Waals surface area (Å²) < 4.78 is 6.81. The van der Waals surface area contributed by atoms with Crippen LogP contribution in [-0.2, 0) is 0 Å². The molecule has 31 heavy (non-hydrogen) atoms. The van der Waals surface area contributed by atoms with E-state index in [1.54, 1.807) is 42.4 Å². The number of carbonyl (C=O) groups is 1. The monoisotopic (exact) mass is 433 g/mol. The third-order valence-electron chi connectivity index (χ3n) is 4.85. The lowest BCUT2D eigenvalue weighted by molar-refractivity contribution is 0.0935. The van der Waals surface area contributed by atoms with Gasteiger partial charge in [-0.15, -0.1) is 5.10 Å². The van der Waals surface area contributed by atoms with E-state index in [9.17, 15) is 4.79 Å². The summed E-state index contributed by atoms with van der Waals surface area (Å²) in [5.41, 5.74) is 3.17. The van der Waals surface area contributed by atoms with E-state index >= 15 is 0 Å². The molecule has 4 rings (SSSR count). The van der Waals surface area contributed by atoms with Crippen molar-refractivity contribution in [2.75, 3.05) is 7.11 Å². The molecule has 0 radical (unpaired) electrons. The maximum atomic E-state index is 13.2. The Morgan fingerprint density at radius 1 is 1.10 bits per heavy atom. The fraction of sp³-hybridized carbons (Fsp3) is 0.130. The van der Waals surface area contributed by atoms with Gasteiger partial charge < -0.3 is 10.1 Å². The molecular formula is C23H20ClN5O2. The first kappa shape index (κ1) is 20.6. The molecule has 2 heterocycles. The normalized spacial score (nSPS) is 11.7. The highest BCUT2D eigenvalue weighted by atomic mass is 35.5. The zero-order valence-corrected chi connectivity index (χ0v) is 17.7. The molecule has 2 aromatic carbocycles. The van der Waals surface area contributed by atoms with Gasteiger partial charge in [-0.3, -0.25) is 9.78 Å². The number of rotatable bonds is 6. The Balaban J connectivity index is 1.68. The van der Waals surface area contributed by atoms with Crippen molar-refractivity contribution in [2.24, 2.45) is 0 Å². The second-order valence-electron chi connectivity index (χ2n) is 6.88. The van der Waals surface area contributed by atoms with Crippen LogP contribution in [-0.4, -0.2) is 33.0 Å². The van der Waals surface area contributed by atoms with Gasteiger partial charge in [0.1, 0.15) is 11.4 Å². The van der Waals surface area contributed by atoms with Crippen molar-refractivity contribution in [3.63, 3.8) is 0 Å². The molecule has 7 nitrogen and oxygen atoms in total. The predicted octanol–water partition coefficient (Wildman–Crippen LogP) is 4.48. The first-order valence-electron chi connectivity index (χ1n) is 9.63. The summed E-state index contributed by atoms with van der Waals surface area (Å²) >= 11 is 6.02. The SMILES string of the molecule is COc1ccc([C@@H](C)NC(=O)c2nnn(-c3ccc(Cl)cc3)c2-c2cccnc2)cc1. The van der Waals surface area contributed by atoms with Crippen molar-refractivity contribution < 1.29 is 9.53 Å². The quantitative estimate of drug-likeness (QED) is 0.484. The lowest BCUT2D eigenvalue weighted by Crippen LogP contribution is -2.27. The first-order chi connectivity index (χ1) is 15.1.